The zero-order valence-electron chi connectivity index (χ0n) is 19.4. The molecule has 0 fully saturated rings. The zero-order valence-corrected chi connectivity index (χ0v) is 21.8. The molecule has 2 aromatic carbocycles. The van der Waals surface area contributed by atoms with Crippen molar-refractivity contribution in [2.45, 2.75) is 18.7 Å². The monoisotopic (exact) mass is 555 g/mol. The number of aromatic nitrogens is 3. The van der Waals surface area contributed by atoms with Gasteiger partial charge in [0.1, 0.15) is 10.1 Å². The molecule has 0 unspecified atom stereocenters. The molecule has 11 heteroatoms. The lowest BCUT2D eigenvalue weighted by atomic mass is 10.0. The molecule has 0 aliphatic rings. The maximum atomic E-state index is 13.5. The van der Waals surface area contributed by atoms with Crippen LogP contribution in [0.1, 0.15) is 22.8 Å². The number of nitrogens with one attached hydrogen (secondary N) is 1. The summed E-state index contributed by atoms with van der Waals surface area (Å²) in [6.45, 7) is 3.22. The number of hydrogen-bond acceptors (Lipinski definition) is 6. The average Bonchev–Trinajstić information content (AvgIpc) is 3.18. The molecule has 180 valence electrons. The van der Waals surface area contributed by atoms with Crippen molar-refractivity contribution < 1.29 is 18.0 Å². The number of aryl methyl sites for hydroxylation is 1. The first-order valence-corrected chi connectivity index (χ1v) is 12.7. The number of rotatable bonds is 5. The average molecular weight is 556 g/mol. The van der Waals surface area contributed by atoms with Gasteiger partial charge < -0.3 is 10.2 Å². The van der Waals surface area contributed by atoms with Gasteiger partial charge in [-0.15, -0.1) is 0 Å². The van der Waals surface area contributed by atoms with Gasteiger partial charge in [-0.05, 0) is 52.7 Å². The van der Waals surface area contributed by atoms with Crippen LogP contribution < -0.4 is 5.32 Å². The number of amides is 2. The van der Waals surface area contributed by atoms with E-state index in [0.29, 0.717) is 32.5 Å². The first-order chi connectivity index (χ1) is 16.5. The summed E-state index contributed by atoms with van der Waals surface area (Å²) in [5, 5.41) is 2.69. The molecule has 35 heavy (non-hydrogen) atoms. The van der Waals surface area contributed by atoms with Gasteiger partial charge in [-0.3, -0.25) is 9.59 Å². The number of halogens is 1. The predicted octanol–water partition coefficient (Wildman–Crippen LogP) is 4.07. The molecule has 0 saturated heterocycles. The fourth-order valence-electron chi connectivity index (χ4n) is 3.59. The Morgan fingerprint density at radius 3 is 2.40 bits per heavy atom. The number of anilines is 1. The van der Waals surface area contributed by atoms with E-state index >= 15 is 0 Å². The van der Waals surface area contributed by atoms with Crippen LogP contribution in [-0.4, -0.2) is 53.2 Å². The third-order valence-electron chi connectivity index (χ3n) is 5.29. The van der Waals surface area contributed by atoms with Crippen molar-refractivity contribution in [2.24, 2.45) is 0 Å². The first kappa shape index (κ1) is 24.6. The van der Waals surface area contributed by atoms with Crippen LogP contribution in [0.25, 0.3) is 22.3 Å². The summed E-state index contributed by atoms with van der Waals surface area (Å²) in [4.78, 5) is 34.8. The molecule has 9 nitrogen and oxygen atoms in total. The van der Waals surface area contributed by atoms with Crippen LogP contribution in [0.5, 0.6) is 0 Å². The number of carbonyl (C=O) groups is 2. The van der Waals surface area contributed by atoms with E-state index in [4.69, 9.17) is 0 Å². The van der Waals surface area contributed by atoms with Crippen molar-refractivity contribution in [1.82, 2.24) is 18.8 Å². The highest BCUT2D eigenvalue weighted by Gasteiger charge is 2.25. The smallest absolute Gasteiger partial charge is 0.269 e. The molecule has 0 spiro atoms. The Labute approximate surface area is 211 Å². The Hall–Kier alpha value is -3.57. The molecule has 0 bridgehead atoms. The summed E-state index contributed by atoms with van der Waals surface area (Å²) < 4.78 is 28.5. The van der Waals surface area contributed by atoms with Gasteiger partial charge in [0.05, 0.1) is 22.3 Å². The molecule has 2 aromatic heterocycles. The summed E-state index contributed by atoms with van der Waals surface area (Å²) in [7, 11) is -0.745. The van der Waals surface area contributed by atoms with Crippen molar-refractivity contribution in [1.29, 1.82) is 0 Å². The number of nitrogens with zero attached hydrogens (tertiary/aromatic N) is 4. The molecule has 4 rings (SSSR count). The molecule has 0 aliphatic heterocycles. The van der Waals surface area contributed by atoms with Crippen LogP contribution in [0, 0.1) is 6.92 Å². The van der Waals surface area contributed by atoms with Gasteiger partial charge in [0.2, 0.25) is 5.91 Å². The molecule has 0 radical (unpaired) electrons. The van der Waals surface area contributed by atoms with E-state index in [9.17, 15) is 18.0 Å². The Bertz CT molecular complexity index is 1580. The van der Waals surface area contributed by atoms with Crippen LogP contribution >= 0.6 is 15.9 Å². The fraction of sp³-hybridized carbons (Fsp3) is 0.167. The molecular weight excluding hydrogens is 534 g/mol. The Morgan fingerprint density at radius 2 is 1.77 bits per heavy atom. The largest absolute Gasteiger partial charge is 0.345 e. The number of benzene rings is 2. The van der Waals surface area contributed by atoms with Gasteiger partial charge in [-0.2, -0.15) is 0 Å². The molecule has 1 N–H and O–H groups in total. The third kappa shape index (κ3) is 4.69. The Balaban J connectivity index is 1.95. The highest BCUT2D eigenvalue weighted by atomic mass is 79.9. The van der Waals surface area contributed by atoms with Crippen molar-refractivity contribution >= 4 is 54.6 Å². The fourth-order valence-corrected chi connectivity index (χ4v) is 5.19. The van der Waals surface area contributed by atoms with E-state index in [1.165, 1.54) is 24.2 Å². The summed E-state index contributed by atoms with van der Waals surface area (Å²) in [6.07, 6.45) is 2.88. The minimum atomic E-state index is -3.98. The van der Waals surface area contributed by atoms with Crippen LogP contribution in [0.4, 0.5) is 5.69 Å². The van der Waals surface area contributed by atoms with E-state index in [1.807, 2.05) is 6.92 Å². The molecule has 2 heterocycles. The highest BCUT2D eigenvalue weighted by molar-refractivity contribution is 9.10. The van der Waals surface area contributed by atoms with Crippen molar-refractivity contribution in [3.8, 4) is 11.1 Å². The lowest BCUT2D eigenvalue weighted by Crippen LogP contribution is -2.23. The van der Waals surface area contributed by atoms with Crippen LogP contribution in [0.15, 0.2) is 64.4 Å². The second-order valence-corrected chi connectivity index (χ2v) is 10.8. The van der Waals surface area contributed by atoms with Gasteiger partial charge >= 0.3 is 0 Å². The maximum absolute atomic E-state index is 13.5. The summed E-state index contributed by atoms with van der Waals surface area (Å²) in [6, 6.07) is 11.4. The van der Waals surface area contributed by atoms with Crippen LogP contribution in [0.3, 0.4) is 0 Å². The summed E-state index contributed by atoms with van der Waals surface area (Å²) in [5.74, 6) is -0.630. The molecule has 0 aliphatic carbocycles. The zero-order chi connectivity index (χ0) is 25.5. The highest BCUT2D eigenvalue weighted by Crippen LogP contribution is 2.34. The lowest BCUT2D eigenvalue weighted by Gasteiger charge is -2.15. The van der Waals surface area contributed by atoms with E-state index in [1.54, 1.807) is 56.6 Å². The molecule has 4 aromatic rings. The maximum Gasteiger partial charge on any atom is 0.269 e. The van der Waals surface area contributed by atoms with E-state index in [-0.39, 0.29) is 22.4 Å². The molecule has 0 saturated carbocycles. The van der Waals surface area contributed by atoms with Crippen molar-refractivity contribution in [2.75, 3.05) is 19.4 Å². The minimum Gasteiger partial charge on any atom is -0.345 e. The van der Waals surface area contributed by atoms with Gasteiger partial charge in [-0.1, -0.05) is 23.8 Å². The van der Waals surface area contributed by atoms with Gasteiger partial charge in [0.25, 0.3) is 15.9 Å². The number of fused-ring (bicyclic) bond motifs is 1. The second kappa shape index (κ2) is 9.23. The topological polar surface area (TPSA) is 114 Å². The predicted molar refractivity (Wildman–Crippen MR) is 137 cm³/mol. The lowest BCUT2D eigenvalue weighted by molar-refractivity contribution is -0.114. The van der Waals surface area contributed by atoms with E-state index in [2.05, 4.69) is 31.2 Å². The number of carbonyl (C=O) groups excluding carboxylic acids is 2. The van der Waals surface area contributed by atoms with Crippen molar-refractivity contribution in [3.63, 3.8) is 0 Å². The van der Waals surface area contributed by atoms with Gasteiger partial charge in [-0.25, -0.2) is 22.4 Å². The third-order valence-corrected chi connectivity index (χ3v) is 7.34. The quantitative estimate of drug-likeness (QED) is 0.397. The first-order valence-electron chi connectivity index (χ1n) is 10.5. The van der Waals surface area contributed by atoms with Gasteiger partial charge in [0, 0.05) is 32.8 Å². The van der Waals surface area contributed by atoms with Gasteiger partial charge in [0.15, 0.2) is 5.65 Å². The Morgan fingerprint density at radius 1 is 1.09 bits per heavy atom. The number of hydrogen-bond donors (Lipinski definition) is 1. The summed E-state index contributed by atoms with van der Waals surface area (Å²) >= 11 is 3.31. The Kier molecular flexibility index (Phi) is 6.48. The normalized spacial score (nSPS) is 11.5. The molecule has 2 amide bonds. The SMILES string of the molecule is CC(=O)Nc1cc(-c2cn(S(=O)(=O)c3ccc(C)cc3)c3ncc(Br)nc23)ccc1C(=O)N(C)C. The van der Waals surface area contributed by atoms with E-state index < -0.39 is 10.0 Å². The van der Waals surface area contributed by atoms with Crippen LogP contribution in [0.2, 0.25) is 0 Å². The van der Waals surface area contributed by atoms with E-state index in [0.717, 1.165) is 9.54 Å². The minimum absolute atomic E-state index is 0.113. The molecular formula is C24H22BrN5O4S. The van der Waals surface area contributed by atoms with Crippen LogP contribution in [-0.2, 0) is 14.8 Å². The standard InChI is InChI=1S/C24H22BrN5O4S/c1-14-5-8-17(9-6-14)35(33,34)30-13-19(22-23(30)26-12-21(25)28-22)16-7-10-18(24(32)29(3)4)20(11-16)27-15(2)31/h5-13H,1-4H3,(H,27,31). The summed E-state index contributed by atoms with van der Waals surface area (Å²) in [5.41, 5.74) is 3.06. The second-order valence-electron chi connectivity index (χ2n) is 8.16. The molecule has 0 atom stereocenters. The van der Waals surface area contributed by atoms with Crippen molar-refractivity contribution in [3.05, 3.63) is 70.6 Å².